The number of rotatable bonds is 6. The predicted molar refractivity (Wildman–Crippen MR) is 129 cm³/mol. The summed E-state index contributed by atoms with van der Waals surface area (Å²) in [7, 11) is 0. The molecule has 0 radical (unpaired) electrons. The first-order chi connectivity index (χ1) is 16.5. The van der Waals surface area contributed by atoms with E-state index in [1.54, 1.807) is 0 Å². The minimum absolute atomic E-state index is 0.0521. The lowest BCUT2D eigenvalue weighted by molar-refractivity contribution is 0.0984. The molecular formula is C26H21N5O3. The lowest BCUT2D eigenvalue weighted by atomic mass is 10.1. The average molecular weight is 451 g/mol. The average Bonchev–Trinajstić information content (AvgIpc) is 2.87. The van der Waals surface area contributed by atoms with Crippen LogP contribution in [0.5, 0.6) is 0 Å². The number of carbonyl (C=O) groups is 1. The molecule has 1 heterocycles. The van der Waals surface area contributed by atoms with Crippen molar-refractivity contribution in [2.75, 3.05) is 10.6 Å². The molecule has 0 bridgehead atoms. The van der Waals surface area contributed by atoms with Crippen molar-refractivity contribution in [2.45, 2.75) is 13.1 Å². The molecule has 1 amide bonds. The fraction of sp³-hybridized carbons (Fsp3) is 0.0769. The zero-order valence-electron chi connectivity index (χ0n) is 18.1. The van der Waals surface area contributed by atoms with E-state index in [4.69, 9.17) is 11.0 Å². The lowest BCUT2D eigenvalue weighted by Crippen LogP contribution is -2.41. The van der Waals surface area contributed by atoms with Crippen molar-refractivity contribution >= 4 is 17.4 Å². The van der Waals surface area contributed by atoms with Crippen LogP contribution < -0.4 is 21.9 Å². The van der Waals surface area contributed by atoms with Gasteiger partial charge >= 0.3 is 5.69 Å². The van der Waals surface area contributed by atoms with Crippen LogP contribution in [0.4, 0.5) is 11.5 Å². The summed E-state index contributed by atoms with van der Waals surface area (Å²) < 4.78 is 1.23. The van der Waals surface area contributed by atoms with Crippen LogP contribution >= 0.6 is 0 Å². The first-order valence-corrected chi connectivity index (χ1v) is 10.5. The van der Waals surface area contributed by atoms with Gasteiger partial charge in [0.25, 0.3) is 11.5 Å². The quantitative estimate of drug-likeness (QED) is 0.466. The van der Waals surface area contributed by atoms with Crippen LogP contribution in [0.2, 0.25) is 0 Å². The minimum atomic E-state index is -0.760. The van der Waals surface area contributed by atoms with Crippen molar-refractivity contribution in [3.8, 4) is 6.07 Å². The number of aromatic amines is 1. The molecule has 0 saturated heterocycles. The second-order valence-corrected chi connectivity index (χ2v) is 7.63. The predicted octanol–water partition coefficient (Wildman–Crippen LogP) is 2.89. The number of anilines is 2. The van der Waals surface area contributed by atoms with Crippen LogP contribution in [0.3, 0.4) is 0 Å². The number of nitriles is 1. The highest BCUT2D eigenvalue weighted by atomic mass is 16.2. The van der Waals surface area contributed by atoms with Crippen LogP contribution in [-0.4, -0.2) is 15.5 Å². The van der Waals surface area contributed by atoms with E-state index in [0.29, 0.717) is 5.56 Å². The van der Waals surface area contributed by atoms with E-state index in [2.05, 4.69) is 4.98 Å². The van der Waals surface area contributed by atoms with Crippen LogP contribution in [0.15, 0.2) is 94.5 Å². The molecule has 0 aliphatic carbocycles. The Morgan fingerprint density at radius 3 is 2.09 bits per heavy atom. The van der Waals surface area contributed by atoms with Crippen LogP contribution in [-0.2, 0) is 13.1 Å². The summed E-state index contributed by atoms with van der Waals surface area (Å²) in [4.78, 5) is 42.7. The molecule has 8 heteroatoms. The number of carbonyl (C=O) groups excluding carboxylic acids is 1. The molecular weight excluding hydrogens is 430 g/mol. The molecule has 0 aliphatic rings. The molecule has 0 fully saturated rings. The van der Waals surface area contributed by atoms with Crippen LogP contribution in [0.1, 0.15) is 27.0 Å². The number of aromatic nitrogens is 2. The summed E-state index contributed by atoms with van der Waals surface area (Å²) in [6.07, 6.45) is 0. The highest BCUT2D eigenvalue weighted by molar-refractivity contribution is 6.07. The van der Waals surface area contributed by atoms with E-state index >= 15 is 0 Å². The first-order valence-electron chi connectivity index (χ1n) is 10.5. The van der Waals surface area contributed by atoms with Crippen molar-refractivity contribution in [2.24, 2.45) is 0 Å². The zero-order chi connectivity index (χ0) is 24.1. The summed E-state index contributed by atoms with van der Waals surface area (Å²) in [6, 6.07) is 26.4. The Bertz CT molecular complexity index is 1470. The monoisotopic (exact) mass is 451 g/mol. The Morgan fingerprint density at radius 2 is 1.50 bits per heavy atom. The number of benzene rings is 3. The third-order valence-corrected chi connectivity index (χ3v) is 5.36. The smallest absolute Gasteiger partial charge is 0.330 e. The Morgan fingerprint density at radius 1 is 0.912 bits per heavy atom. The van der Waals surface area contributed by atoms with E-state index in [-0.39, 0.29) is 30.2 Å². The first kappa shape index (κ1) is 22.3. The van der Waals surface area contributed by atoms with Gasteiger partial charge in [-0.05, 0) is 35.4 Å². The molecule has 0 unspecified atom stereocenters. The Balaban J connectivity index is 1.84. The third-order valence-electron chi connectivity index (χ3n) is 5.36. The second-order valence-electron chi connectivity index (χ2n) is 7.63. The molecule has 34 heavy (non-hydrogen) atoms. The Hall–Kier alpha value is -4.90. The highest BCUT2D eigenvalue weighted by Gasteiger charge is 2.25. The van der Waals surface area contributed by atoms with Gasteiger partial charge in [-0.25, -0.2) is 4.79 Å². The van der Waals surface area contributed by atoms with Gasteiger partial charge in [0, 0.05) is 5.56 Å². The molecule has 1 aromatic heterocycles. The Labute approximate surface area is 195 Å². The van der Waals surface area contributed by atoms with Crippen molar-refractivity contribution < 1.29 is 4.79 Å². The fourth-order valence-corrected chi connectivity index (χ4v) is 3.62. The number of nitrogens with zero attached hydrogens (tertiary/aromatic N) is 3. The lowest BCUT2D eigenvalue weighted by Gasteiger charge is -2.25. The number of hydrogen-bond donors (Lipinski definition) is 2. The van der Waals surface area contributed by atoms with Crippen molar-refractivity contribution in [3.63, 3.8) is 0 Å². The number of nitrogen functional groups attached to an aromatic ring is 1. The number of nitrogens with two attached hydrogens (primary N) is 1. The van der Waals surface area contributed by atoms with Gasteiger partial charge in [0.2, 0.25) is 0 Å². The molecule has 3 N–H and O–H groups in total. The normalized spacial score (nSPS) is 10.4. The molecule has 3 aromatic carbocycles. The van der Waals surface area contributed by atoms with Crippen LogP contribution in [0.25, 0.3) is 0 Å². The van der Waals surface area contributed by atoms with Gasteiger partial charge in [-0.1, -0.05) is 60.7 Å². The second kappa shape index (κ2) is 9.71. The third kappa shape index (κ3) is 4.64. The van der Waals surface area contributed by atoms with Gasteiger partial charge < -0.3 is 5.73 Å². The van der Waals surface area contributed by atoms with E-state index in [1.165, 1.54) is 33.7 Å². The van der Waals surface area contributed by atoms with Gasteiger partial charge in [-0.2, -0.15) is 5.26 Å². The van der Waals surface area contributed by atoms with E-state index in [0.717, 1.165) is 11.1 Å². The summed E-state index contributed by atoms with van der Waals surface area (Å²) in [5, 5.41) is 9.06. The van der Waals surface area contributed by atoms with Crippen molar-refractivity contribution in [1.29, 1.82) is 5.26 Å². The summed E-state index contributed by atoms with van der Waals surface area (Å²) in [6.45, 7) is 0.177. The largest absolute Gasteiger partial charge is 0.383 e. The SMILES string of the molecule is N#Cc1ccc(C(=O)N(Cc2ccccc2)c2c(N)n(Cc3ccccc3)c(=O)[nH]c2=O)cc1. The number of nitrogens with one attached hydrogen (secondary N) is 1. The van der Waals surface area contributed by atoms with Crippen LogP contribution in [0, 0.1) is 11.3 Å². The maximum atomic E-state index is 13.6. The molecule has 0 aliphatic heterocycles. The maximum Gasteiger partial charge on any atom is 0.330 e. The molecule has 4 rings (SSSR count). The summed E-state index contributed by atoms with van der Waals surface area (Å²) in [5.41, 5.74) is 7.06. The van der Waals surface area contributed by atoms with E-state index in [1.807, 2.05) is 66.7 Å². The van der Waals surface area contributed by atoms with Gasteiger partial charge in [0.05, 0.1) is 24.7 Å². The molecule has 0 spiro atoms. The van der Waals surface area contributed by atoms with E-state index in [9.17, 15) is 14.4 Å². The van der Waals surface area contributed by atoms with E-state index < -0.39 is 17.2 Å². The van der Waals surface area contributed by atoms with Gasteiger partial charge in [-0.15, -0.1) is 0 Å². The molecule has 4 aromatic rings. The summed E-state index contributed by atoms with van der Waals surface area (Å²) >= 11 is 0. The minimum Gasteiger partial charge on any atom is -0.383 e. The van der Waals surface area contributed by atoms with Gasteiger partial charge in [-0.3, -0.25) is 24.0 Å². The standard InChI is InChI=1S/C26H21N5O3/c27-15-18-11-13-21(14-12-18)25(33)30(16-19-7-3-1-4-8-19)22-23(28)31(26(34)29-24(22)32)17-20-9-5-2-6-10-20/h1-14H,16-17,28H2,(H,29,32,34). The molecule has 168 valence electrons. The number of amides is 1. The zero-order valence-corrected chi connectivity index (χ0v) is 18.1. The number of hydrogen-bond acceptors (Lipinski definition) is 5. The van der Waals surface area contributed by atoms with Gasteiger partial charge in [0.1, 0.15) is 5.82 Å². The fourth-order valence-electron chi connectivity index (χ4n) is 3.62. The topological polar surface area (TPSA) is 125 Å². The highest BCUT2D eigenvalue weighted by Crippen LogP contribution is 2.23. The van der Waals surface area contributed by atoms with Crippen molar-refractivity contribution in [1.82, 2.24) is 9.55 Å². The maximum absolute atomic E-state index is 13.6. The summed E-state index contributed by atoms with van der Waals surface area (Å²) in [5.74, 6) is -0.606. The Kier molecular flexibility index (Phi) is 6.37. The van der Waals surface area contributed by atoms with Gasteiger partial charge in [0.15, 0.2) is 5.69 Å². The molecule has 0 saturated carbocycles. The van der Waals surface area contributed by atoms with Crippen molar-refractivity contribution in [3.05, 3.63) is 128 Å². The molecule has 8 nitrogen and oxygen atoms in total. The number of H-pyrrole nitrogens is 1. The molecule has 0 atom stereocenters.